The van der Waals surface area contributed by atoms with Crippen LogP contribution in [0.4, 0.5) is 5.69 Å². The Morgan fingerprint density at radius 3 is 2.89 bits per heavy atom. The second-order valence-corrected chi connectivity index (χ2v) is 8.49. The van der Waals surface area contributed by atoms with Gasteiger partial charge in [-0.2, -0.15) is 0 Å². The number of thiazole rings is 1. The Morgan fingerprint density at radius 1 is 1.21 bits per heavy atom. The van der Waals surface area contributed by atoms with Crippen LogP contribution in [0.15, 0.2) is 60.0 Å². The Labute approximate surface area is 171 Å². The standard InChI is InChI=1S/C20H19N5OS2/c1-13(2)25-12-21-24-20(25)27-11-18(26)22-15-7-5-6-14(10-15)19-23-16-8-3-4-9-17(16)28-19/h3-10,12-13H,11H2,1-2H3,(H,22,26). The van der Waals surface area contributed by atoms with E-state index >= 15 is 0 Å². The summed E-state index contributed by atoms with van der Waals surface area (Å²) in [5.41, 5.74) is 2.74. The lowest BCUT2D eigenvalue weighted by molar-refractivity contribution is -0.113. The van der Waals surface area contributed by atoms with Crippen LogP contribution in [-0.2, 0) is 4.79 Å². The average molecular weight is 410 g/mol. The predicted molar refractivity (Wildman–Crippen MR) is 115 cm³/mol. The molecule has 0 aliphatic carbocycles. The van der Waals surface area contributed by atoms with Crippen LogP contribution in [0.25, 0.3) is 20.8 Å². The van der Waals surface area contributed by atoms with E-state index in [0.29, 0.717) is 0 Å². The number of carbonyl (C=O) groups is 1. The molecule has 4 rings (SSSR count). The fourth-order valence-corrected chi connectivity index (χ4v) is 4.55. The van der Waals surface area contributed by atoms with E-state index in [1.807, 2.05) is 47.0 Å². The maximum absolute atomic E-state index is 12.4. The summed E-state index contributed by atoms with van der Waals surface area (Å²) in [5, 5.41) is 12.6. The Balaban J connectivity index is 1.44. The minimum atomic E-state index is -0.0789. The molecule has 0 spiro atoms. The van der Waals surface area contributed by atoms with Gasteiger partial charge in [0.05, 0.1) is 16.0 Å². The Hall–Kier alpha value is -2.71. The molecule has 0 unspecified atom stereocenters. The molecule has 0 radical (unpaired) electrons. The largest absolute Gasteiger partial charge is 0.325 e. The van der Waals surface area contributed by atoms with Crippen LogP contribution in [0.5, 0.6) is 0 Å². The summed E-state index contributed by atoms with van der Waals surface area (Å²) in [4.78, 5) is 17.1. The number of fused-ring (bicyclic) bond motifs is 1. The van der Waals surface area contributed by atoms with Crippen LogP contribution in [0.2, 0.25) is 0 Å². The topological polar surface area (TPSA) is 72.7 Å². The van der Waals surface area contributed by atoms with E-state index in [4.69, 9.17) is 0 Å². The quantitative estimate of drug-likeness (QED) is 0.460. The van der Waals surface area contributed by atoms with E-state index in [0.717, 1.165) is 31.6 Å². The van der Waals surface area contributed by atoms with Crippen molar-refractivity contribution in [3.05, 3.63) is 54.9 Å². The number of thioether (sulfide) groups is 1. The van der Waals surface area contributed by atoms with Gasteiger partial charge in [0.25, 0.3) is 0 Å². The van der Waals surface area contributed by atoms with Gasteiger partial charge in [-0.3, -0.25) is 4.79 Å². The SMILES string of the molecule is CC(C)n1cnnc1SCC(=O)Nc1cccc(-c2nc3ccccc3s2)c1. The molecule has 0 saturated heterocycles. The van der Waals surface area contributed by atoms with Crippen molar-refractivity contribution >= 4 is 44.9 Å². The fraction of sp³-hybridized carbons (Fsp3) is 0.200. The molecule has 8 heteroatoms. The summed E-state index contributed by atoms with van der Waals surface area (Å²) in [6.07, 6.45) is 1.69. The van der Waals surface area contributed by atoms with Gasteiger partial charge < -0.3 is 9.88 Å². The zero-order valence-corrected chi connectivity index (χ0v) is 17.1. The van der Waals surface area contributed by atoms with Gasteiger partial charge in [0.1, 0.15) is 11.3 Å². The van der Waals surface area contributed by atoms with E-state index < -0.39 is 0 Å². The Morgan fingerprint density at radius 2 is 2.07 bits per heavy atom. The van der Waals surface area contributed by atoms with E-state index in [1.54, 1.807) is 17.7 Å². The van der Waals surface area contributed by atoms with Crippen LogP contribution in [-0.4, -0.2) is 31.4 Å². The molecule has 2 heterocycles. The first kappa shape index (κ1) is 18.6. The van der Waals surface area contributed by atoms with Crippen molar-refractivity contribution in [1.82, 2.24) is 19.7 Å². The number of rotatable bonds is 6. The van der Waals surface area contributed by atoms with Gasteiger partial charge in [-0.05, 0) is 38.1 Å². The molecular formula is C20H19N5OS2. The van der Waals surface area contributed by atoms with E-state index in [1.165, 1.54) is 11.8 Å². The number of aromatic nitrogens is 4. The van der Waals surface area contributed by atoms with Gasteiger partial charge in [0, 0.05) is 17.3 Å². The number of nitrogens with one attached hydrogen (secondary N) is 1. The number of anilines is 1. The molecule has 0 saturated carbocycles. The number of carbonyl (C=O) groups excluding carboxylic acids is 1. The Bertz CT molecular complexity index is 1090. The smallest absolute Gasteiger partial charge is 0.234 e. The Kier molecular flexibility index (Phi) is 5.40. The normalized spacial score (nSPS) is 11.2. The third-order valence-corrected chi connectivity index (χ3v) is 6.16. The third-order valence-electron chi connectivity index (χ3n) is 4.12. The summed E-state index contributed by atoms with van der Waals surface area (Å²) in [7, 11) is 0. The first-order valence-corrected chi connectivity index (χ1v) is 10.7. The number of para-hydroxylation sites is 1. The number of nitrogens with zero attached hydrogens (tertiary/aromatic N) is 4. The van der Waals surface area contributed by atoms with Crippen molar-refractivity contribution in [2.24, 2.45) is 0 Å². The number of benzene rings is 2. The molecule has 1 amide bonds. The minimum absolute atomic E-state index is 0.0789. The van der Waals surface area contributed by atoms with Crippen molar-refractivity contribution in [3.63, 3.8) is 0 Å². The third kappa shape index (κ3) is 4.07. The molecule has 142 valence electrons. The molecule has 2 aromatic carbocycles. The molecule has 0 atom stereocenters. The molecular weight excluding hydrogens is 390 g/mol. The second kappa shape index (κ2) is 8.12. The van der Waals surface area contributed by atoms with Gasteiger partial charge in [-0.15, -0.1) is 21.5 Å². The van der Waals surface area contributed by atoms with Crippen LogP contribution in [0.1, 0.15) is 19.9 Å². The molecule has 0 aliphatic rings. The summed E-state index contributed by atoms with van der Waals surface area (Å²) < 4.78 is 3.10. The molecule has 2 aromatic heterocycles. The minimum Gasteiger partial charge on any atom is -0.325 e. The van der Waals surface area contributed by atoms with E-state index in [2.05, 4.69) is 40.4 Å². The van der Waals surface area contributed by atoms with Crippen LogP contribution in [0, 0.1) is 0 Å². The lowest BCUT2D eigenvalue weighted by Crippen LogP contribution is -2.14. The van der Waals surface area contributed by atoms with Gasteiger partial charge in [0.2, 0.25) is 5.91 Å². The predicted octanol–water partition coefficient (Wildman–Crippen LogP) is 4.87. The van der Waals surface area contributed by atoms with Crippen LogP contribution >= 0.6 is 23.1 Å². The summed E-state index contributed by atoms with van der Waals surface area (Å²) in [6, 6.07) is 16.1. The van der Waals surface area contributed by atoms with Gasteiger partial charge in [-0.1, -0.05) is 36.0 Å². The number of amides is 1. The molecule has 0 bridgehead atoms. The number of hydrogen-bond acceptors (Lipinski definition) is 6. The van der Waals surface area contributed by atoms with Gasteiger partial charge in [0.15, 0.2) is 5.16 Å². The highest BCUT2D eigenvalue weighted by Crippen LogP contribution is 2.31. The van der Waals surface area contributed by atoms with Crippen molar-refractivity contribution in [1.29, 1.82) is 0 Å². The van der Waals surface area contributed by atoms with Crippen LogP contribution in [0.3, 0.4) is 0 Å². The lowest BCUT2D eigenvalue weighted by Gasteiger charge is -2.09. The lowest BCUT2D eigenvalue weighted by atomic mass is 10.2. The summed E-state index contributed by atoms with van der Waals surface area (Å²) in [5.74, 6) is 0.196. The van der Waals surface area contributed by atoms with Crippen molar-refractivity contribution in [3.8, 4) is 10.6 Å². The zero-order valence-electron chi connectivity index (χ0n) is 15.5. The molecule has 1 N–H and O–H groups in total. The van der Waals surface area contributed by atoms with Gasteiger partial charge >= 0.3 is 0 Å². The first-order valence-electron chi connectivity index (χ1n) is 8.88. The maximum Gasteiger partial charge on any atom is 0.234 e. The molecule has 6 nitrogen and oxygen atoms in total. The number of hydrogen-bond donors (Lipinski definition) is 1. The fourth-order valence-electron chi connectivity index (χ4n) is 2.74. The van der Waals surface area contributed by atoms with Crippen molar-refractivity contribution in [2.75, 3.05) is 11.1 Å². The molecule has 28 heavy (non-hydrogen) atoms. The maximum atomic E-state index is 12.4. The average Bonchev–Trinajstić information content (AvgIpc) is 3.33. The van der Waals surface area contributed by atoms with Crippen molar-refractivity contribution in [2.45, 2.75) is 25.0 Å². The zero-order chi connectivity index (χ0) is 19.5. The van der Waals surface area contributed by atoms with Crippen LogP contribution < -0.4 is 5.32 Å². The monoisotopic (exact) mass is 409 g/mol. The highest BCUT2D eigenvalue weighted by Gasteiger charge is 2.12. The second-order valence-electron chi connectivity index (χ2n) is 6.52. The van der Waals surface area contributed by atoms with Gasteiger partial charge in [-0.25, -0.2) is 4.98 Å². The summed E-state index contributed by atoms with van der Waals surface area (Å²) in [6.45, 7) is 4.11. The molecule has 4 aromatic rings. The first-order chi connectivity index (χ1) is 13.6. The highest BCUT2D eigenvalue weighted by atomic mass is 32.2. The molecule has 0 aliphatic heterocycles. The van der Waals surface area contributed by atoms with E-state index in [9.17, 15) is 4.79 Å². The molecule has 0 fully saturated rings. The van der Waals surface area contributed by atoms with Crippen molar-refractivity contribution < 1.29 is 4.79 Å². The highest BCUT2D eigenvalue weighted by molar-refractivity contribution is 7.99. The summed E-state index contributed by atoms with van der Waals surface area (Å²) >= 11 is 3.02. The van der Waals surface area contributed by atoms with E-state index in [-0.39, 0.29) is 17.7 Å².